The molecule has 4 rings (SSSR count). The Hall–Kier alpha value is -2.56. The van der Waals surface area contributed by atoms with Crippen molar-refractivity contribution in [3.8, 4) is 5.75 Å². The predicted molar refractivity (Wildman–Crippen MR) is 103 cm³/mol. The number of benzene rings is 1. The van der Waals surface area contributed by atoms with E-state index in [0.29, 0.717) is 5.75 Å². The molecule has 1 fully saturated rings. The molecule has 11 nitrogen and oxygen atoms in total. The van der Waals surface area contributed by atoms with Gasteiger partial charge in [-0.25, -0.2) is 14.2 Å². The maximum Gasteiger partial charge on any atom is 0.403 e. The summed E-state index contributed by atoms with van der Waals surface area (Å²) in [4.78, 5) is 14.9. The number of hydrogen-bond acceptors (Lipinski definition) is 9. The molecule has 0 aliphatic carbocycles. The summed E-state index contributed by atoms with van der Waals surface area (Å²) in [5, 5.41) is 24.4. The monoisotopic (exact) mass is 436 g/mol. The van der Waals surface area contributed by atoms with Crippen molar-refractivity contribution >= 4 is 13.5 Å². The van der Waals surface area contributed by atoms with E-state index in [1.165, 1.54) is 11.9 Å². The van der Waals surface area contributed by atoms with Crippen LogP contribution in [0.1, 0.15) is 33.5 Å². The Morgan fingerprint density at radius 2 is 2.10 bits per heavy atom. The van der Waals surface area contributed by atoms with E-state index in [9.17, 15) is 19.6 Å². The first-order chi connectivity index (χ1) is 14.2. The van der Waals surface area contributed by atoms with E-state index in [2.05, 4.69) is 10.1 Å². The summed E-state index contributed by atoms with van der Waals surface area (Å²) in [6.45, 7) is 3.92. The van der Waals surface area contributed by atoms with Gasteiger partial charge in [0.05, 0.1) is 6.61 Å². The van der Waals surface area contributed by atoms with E-state index in [4.69, 9.17) is 19.5 Å². The summed E-state index contributed by atoms with van der Waals surface area (Å²) in [5.74, 6) is 0.618. The molecule has 5 atom stereocenters. The van der Waals surface area contributed by atoms with Crippen LogP contribution >= 0.6 is 7.60 Å². The van der Waals surface area contributed by atoms with Crippen LogP contribution in [0.5, 0.6) is 5.75 Å². The van der Waals surface area contributed by atoms with Crippen molar-refractivity contribution in [3.05, 3.63) is 52.9 Å². The highest BCUT2D eigenvalue weighted by Gasteiger charge is 2.44. The first kappa shape index (κ1) is 20.7. The van der Waals surface area contributed by atoms with Crippen LogP contribution in [0.4, 0.5) is 0 Å². The van der Waals surface area contributed by atoms with E-state index >= 15 is 0 Å². The summed E-state index contributed by atoms with van der Waals surface area (Å²) in [7, 11) is -3.64. The number of aryl methyl sites for hydroxylation is 2. The highest BCUT2D eigenvalue weighted by molar-refractivity contribution is 7.57. The number of carbonyl (C=O) groups excluding carboxylic acids is 1. The summed E-state index contributed by atoms with van der Waals surface area (Å²) in [6.07, 6.45) is -2.39. The average molecular weight is 436 g/mol. The van der Waals surface area contributed by atoms with Gasteiger partial charge in [-0.3, -0.25) is 9.32 Å². The van der Waals surface area contributed by atoms with Gasteiger partial charge in [0.1, 0.15) is 30.4 Å². The van der Waals surface area contributed by atoms with Crippen LogP contribution in [-0.2, 0) is 20.4 Å². The number of nitrogens with zero attached hydrogens (tertiary/aromatic N) is 3. The van der Waals surface area contributed by atoms with Gasteiger partial charge in [-0.05, 0) is 25.5 Å². The molecule has 1 aromatic carbocycles. The highest BCUT2D eigenvalue weighted by atomic mass is 31.2. The van der Waals surface area contributed by atoms with Crippen LogP contribution in [-0.4, -0.2) is 49.2 Å². The van der Waals surface area contributed by atoms with Crippen molar-refractivity contribution in [1.82, 2.24) is 14.8 Å². The number of amides is 1. The maximum absolute atomic E-state index is 13.0. The second-order valence-electron chi connectivity index (χ2n) is 7.20. The average Bonchev–Trinajstić information content (AvgIpc) is 3.28. The molecule has 0 bridgehead atoms. The Labute approximate surface area is 171 Å². The number of aliphatic hydroxyl groups is 2. The lowest BCUT2D eigenvalue weighted by Crippen LogP contribution is -2.31. The molecule has 0 saturated carbocycles. The molecule has 0 radical (unpaired) electrons. The first-order valence-corrected chi connectivity index (χ1v) is 10.7. The molecule has 2 unspecified atom stereocenters. The van der Waals surface area contributed by atoms with Gasteiger partial charge in [0.2, 0.25) is 5.82 Å². The number of hydrogen-bond donors (Lipinski definition) is 3. The number of rotatable bonds is 4. The van der Waals surface area contributed by atoms with E-state index in [1.807, 2.05) is 26.0 Å². The van der Waals surface area contributed by atoms with Gasteiger partial charge in [-0.15, -0.1) is 5.10 Å². The third-order valence-corrected chi connectivity index (χ3v) is 6.30. The zero-order valence-corrected chi connectivity index (χ0v) is 17.1. The van der Waals surface area contributed by atoms with Crippen molar-refractivity contribution < 1.29 is 33.4 Å². The number of ether oxygens (including phenoxy) is 1. The van der Waals surface area contributed by atoms with Crippen LogP contribution in [0.15, 0.2) is 30.4 Å². The number of aliphatic hydroxyl groups excluding tert-OH is 2. The topological polar surface area (TPSA) is 159 Å². The van der Waals surface area contributed by atoms with E-state index < -0.39 is 38.0 Å². The third kappa shape index (κ3) is 3.78. The van der Waals surface area contributed by atoms with Gasteiger partial charge in [0.15, 0.2) is 6.23 Å². The fourth-order valence-corrected chi connectivity index (χ4v) is 4.85. The Kier molecular flexibility index (Phi) is 5.25. The third-order valence-electron chi connectivity index (χ3n) is 4.84. The lowest BCUT2D eigenvalue weighted by atomic mass is 10.1. The fourth-order valence-electron chi connectivity index (χ4n) is 3.43. The normalized spacial score (nSPS) is 30.9. The Morgan fingerprint density at radius 1 is 1.33 bits per heavy atom. The van der Waals surface area contributed by atoms with Gasteiger partial charge in [0.25, 0.3) is 5.91 Å². The van der Waals surface area contributed by atoms with Crippen molar-refractivity contribution in [2.24, 2.45) is 5.73 Å². The molecule has 2 aromatic rings. The number of fused-ring (bicyclic) bond motifs is 1. The smallest absolute Gasteiger partial charge is 0.403 e. The van der Waals surface area contributed by atoms with Crippen molar-refractivity contribution in [2.45, 2.75) is 45.0 Å². The van der Waals surface area contributed by atoms with Gasteiger partial charge in [-0.1, -0.05) is 17.7 Å². The molecule has 4 N–H and O–H groups in total. The molecule has 30 heavy (non-hydrogen) atoms. The minimum absolute atomic E-state index is 0.119. The van der Waals surface area contributed by atoms with Crippen molar-refractivity contribution in [3.63, 3.8) is 0 Å². The zero-order chi connectivity index (χ0) is 21.6. The molecule has 1 saturated heterocycles. The van der Waals surface area contributed by atoms with Crippen molar-refractivity contribution in [1.29, 1.82) is 0 Å². The molecule has 2 aliphatic heterocycles. The summed E-state index contributed by atoms with van der Waals surface area (Å²) >= 11 is 0. The second-order valence-corrected chi connectivity index (χ2v) is 9.02. The number of carbonyl (C=O) groups is 1. The second kappa shape index (κ2) is 7.60. The molecule has 1 aromatic heterocycles. The van der Waals surface area contributed by atoms with E-state index in [-0.39, 0.29) is 12.4 Å². The molecule has 160 valence electrons. The largest absolute Gasteiger partial charge is 0.421 e. The van der Waals surface area contributed by atoms with Crippen LogP contribution in [0.3, 0.4) is 0 Å². The Morgan fingerprint density at radius 3 is 2.80 bits per heavy atom. The number of primary amides is 1. The SMILES string of the molecule is Cc1cc(C)c2c(c1)COP(=O)(/C=C/C1O[C@@H](n3cnc(C(N)=O)n3)[C@H](O)[C@@H]1O)O2. The minimum atomic E-state index is -3.64. The van der Waals surface area contributed by atoms with Gasteiger partial charge >= 0.3 is 7.60 Å². The van der Waals surface area contributed by atoms with Crippen LogP contribution in [0.25, 0.3) is 0 Å². The van der Waals surface area contributed by atoms with Gasteiger partial charge in [-0.2, -0.15) is 0 Å². The van der Waals surface area contributed by atoms with Gasteiger partial charge < -0.3 is 25.2 Å². The maximum atomic E-state index is 13.0. The highest BCUT2D eigenvalue weighted by Crippen LogP contribution is 2.56. The molecule has 2 aliphatic rings. The molecular formula is C18H21N4O7P. The number of aromatic nitrogens is 3. The predicted octanol–water partition coefficient (Wildman–Crippen LogP) is 0.929. The molecule has 3 heterocycles. The minimum Gasteiger partial charge on any atom is -0.421 e. The number of nitrogens with two attached hydrogens (primary N) is 1. The molecular weight excluding hydrogens is 415 g/mol. The van der Waals surface area contributed by atoms with Crippen LogP contribution in [0, 0.1) is 13.8 Å². The standard InChI is InChI=1S/C18H21N4O7P/c1-9-5-10(2)15-11(6-9)7-27-30(26,29-15)4-3-12-13(23)14(24)18(28-12)22-8-20-17(21-22)16(19)25/h3-6,8,12-14,18,23-24H,7H2,1-2H3,(H2,19,25)/b4-3+/t12?,13-,14-,18-,30?/m1/s1. The van der Waals surface area contributed by atoms with Crippen LogP contribution < -0.4 is 10.3 Å². The summed E-state index contributed by atoms with van der Waals surface area (Å²) < 4.78 is 30.7. The van der Waals surface area contributed by atoms with E-state index in [0.717, 1.165) is 27.7 Å². The van der Waals surface area contributed by atoms with E-state index in [1.54, 1.807) is 0 Å². The Balaban J connectivity index is 1.51. The summed E-state index contributed by atoms with van der Waals surface area (Å²) in [5.41, 5.74) is 7.80. The fraction of sp³-hybridized carbons (Fsp3) is 0.389. The lowest BCUT2D eigenvalue weighted by molar-refractivity contribution is -0.0346. The zero-order valence-electron chi connectivity index (χ0n) is 16.2. The Bertz CT molecular complexity index is 1070. The first-order valence-electron chi connectivity index (χ1n) is 9.13. The lowest BCUT2D eigenvalue weighted by Gasteiger charge is -2.26. The summed E-state index contributed by atoms with van der Waals surface area (Å²) in [6, 6.07) is 3.82. The molecule has 12 heteroatoms. The quantitative estimate of drug-likeness (QED) is 0.593. The van der Waals surface area contributed by atoms with Crippen LogP contribution in [0.2, 0.25) is 0 Å². The molecule has 0 spiro atoms. The van der Waals surface area contributed by atoms with Gasteiger partial charge in [0, 0.05) is 11.4 Å². The molecule has 1 amide bonds. The van der Waals surface area contributed by atoms with Crippen molar-refractivity contribution in [2.75, 3.05) is 0 Å².